The second-order valence-electron chi connectivity index (χ2n) is 6.94. The molecule has 0 saturated carbocycles. The van der Waals surface area contributed by atoms with Gasteiger partial charge in [-0.3, -0.25) is 4.79 Å². The van der Waals surface area contributed by atoms with Gasteiger partial charge < -0.3 is 4.57 Å². The lowest BCUT2D eigenvalue weighted by molar-refractivity contribution is 0.766. The van der Waals surface area contributed by atoms with Gasteiger partial charge in [-0.2, -0.15) is 14.6 Å². The molecule has 0 amide bonds. The van der Waals surface area contributed by atoms with Gasteiger partial charge in [0.2, 0.25) is 0 Å². The zero-order chi connectivity index (χ0) is 20.0. The molecule has 0 bridgehead atoms. The predicted octanol–water partition coefficient (Wildman–Crippen LogP) is 4.12. The summed E-state index contributed by atoms with van der Waals surface area (Å²) in [5, 5.41) is 5.36. The second kappa shape index (κ2) is 6.83. The SMILES string of the molecule is Cc1ccc(Cn2ccc3nc4ncnn4c(-c4cccc(Cl)c4)c3c2=O)cc1. The summed E-state index contributed by atoms with van der Waals surface area (Å²) in [4.78, 5) is 22.2. The number of aryl methyl sites for hydroxylation is 1. The molecule has 0 fully saturated rings. The second-order valence-corrected chi connectivity index (χ2v) is 7.37. The molecule has 5 aromatic rings. The molecule has 0 spiro atoms. The fourth-order valence-electron chi connectivity index (χ4n) is 3.48. The molecule has 5 rings (SSSR count). The van der Waals surface area contributed by atoms with Gasteiger partial charge in [-0.25, -0.2) is 4.98 Å². The van der Waals surface area contributed by atoms with Gasteiger partial charge in [0.15, 0.2) is 0 Å². The van der Waals surface area contributed by atoms with Crippen LogP contribution in [0.4, 0.5) is 0 Å². The molecule has 6 nitrogen and oxygen atoms in total. The minimum atomic E-state index is -0.136. The highest BCUT2D eigenvalue weighted by atomic mass is 35.5. The molecule has 3 aromatic heterocycles. The van der Waals surface area contributed by atoms with E-state index in [9.17, 15) is 4.79 Å². The van der Waals surface area contributed by atoms with Crippen LogP contribution >= 0.6 is 11.6 Å². The maximum Gasteiger partial charge on any atom is 0.262 e. The first-order valence-corrected chi connectivity index (χ1v) is 9.52. The Kier molecular flexibility index (Phi) is 4.14. The zero-order valence-corrected chi connectivity index (χ0v) is 16.3. The van der Waals surface area contributed by atoms with Gasteiger partial charge >= 0.3 is 0 Å². The van der Waals surface area contributed by atoms with Gasteiger partial charge in [-0.05, 0) is 30.7 Å². The smallest absolute Gasteiger partial charge is 0.262 e. The first kappa shape index (κ1) is 17.6. The Morgan fingerprint density at radius 3 is 2.69 bits per heavy atom. The molecule has 0 saturated heterocycles. The normalized spacial score (nSPS) is 11.4. The van der Waals surface area contributed by atoms with Gasteiger partial charge in [0.05, 0.1) is 23.1 Å². The molecule has 142 valence electrons. The lowest BCUT2D eigenvalue weighted by atomic mass is 10.1. The van der Waals surface area contributed by atoms with Crippen molar-refractivity contribution >= 4 is 28.3 Å². The van der Waals surface area contributed by atoms with E-state index >= 15 is 0 Å². The maximum atomic E-state index is 13.5. The number of benzene rings is 2. The molecular formula is C22H16ClN5O. The zero-order valence-electron chi connectivity index (χ0n) is 15.6. The van der Waals surface area contributed by atoms with Crippen LogP contribution in [-0.2, 0) is 6.54 Å². The van der Waals surface area contributed by atoms with E-state index in [1.807, 2.05) is 55.5 Å². The topological polar surface area (TPSA) is 65.1 Å². The summed E-state index contributed by atoms with van der Waals surface area (Å²) in [5.74, 6) is 0.433. The van der Waals surface area contributed by atoms with Crippen LogP contribution in [0.3, 0.4) is 0 Å². The number of fused-ring (bicyclic) bond motifs is 2. The Labute approximate surface area is 171 Å². The summed E-state index contributed by atoms with van der Waals surface area (Å²) in [7, 11) is 0. The summed E-state index contributed by atoms with van der Waals surface area (Å²) >= 11 is 6.22. The molecule has 7 heteroatoms. The number of aromatic nitrogens is 5. The quantitative estimate of drug-likeness (QED) is 0.456. The molecule has 0 unspecified atom stereocenters. The van der Waals surface area contributed by atoms with Crippen LogP contribution in [0.5, 0.6) is 0 Å². The number of pyridine rings is 1. The Bertz CT molecular complexity index is 1420. The van der Waals surface area contributed by atoms with Crippen LogP contribution in [-0.4, -0.2) is 24.1 Å². The molecule has 0 aliphatic heterocycles. The van der Waals surface area contributed by atoms with Crippen molar-refractivity contribution in [3.8, 4) is 11.3 Å². The van der Waals surface area contributed by atoms with Crippen LogP contribution in [0.25, 0.3) is 27.9 Å². The first-order chi connectivity index (χ1) is 14.1. The maximum absolute atomic E-state index is 13.5. The summed E-state index contributed by atoms with van der Waals surface area (Å²) in [6.07, 6.45) is 3.20. The highest BCUT2D eigenvalue weighted by Crippen LogP contribution is 2.27. The monoisotopic (exact) mass is 401 g/mol. The first-order valence-electron chi connectivity index (χ1n) is 9.14. The van der Waals surface area contributed by atoms with Crippen LogP contribution in [0, 0.1) is 6.92 Å². The number of nitrogens with zero attached hydrogens (tertiary/aromatic N) is 5. The highest BCUT2D eigenvalue weighted by molar-refractivity contribution is 6.30. The van der Waals surface area contributed by atoms with Crippen molar-refractivity contribution in [1.82, 2.24) is 24.1 Å². The van der Waals surface area contributed by atoms with E-state index in [1.165, 1.54) is 11.9 Å². The molecule has 3 heterocycles. The van der Waals surface area contributed by atoms with Crippen LogP contribution in [0.15, 0.2) is 71.9 Å². The molecule has 29 heavy (non-hydrogen) atoms. The Hall–Kier alpha value is -3.51. The van der Waals surface area contributed by atoms with E-state index in [0.717, 1.165) is 11.1 Å². The third-order valence-corrected chi connectivity index (χ3v) is 5.15. The third kappa shape index (κ3) is 3.07. The van der Waals surface area contributed by atoms with E-state index in [4.69, 9.17) is 11.6 Å². The molecule has 0 aliphatic rings. The average molecular weight is 402 g/mol. The van der Waals surface area contributed by atoms with Crippen molar-refractivity contribution in [3.63, 3.8) is 0 Å². The lowest BCUT2D eigenvalue weighted by Crippen LogP contribution is -2.22. The summed E-state index contributed by atoms with van der Waals surface area (Å²) in [5.41, 5.74) is 4.09. The van der Waals surface area contributed by atoms with Crippen LogP contribution in [0.2, 0.25) is 5.02 Å². The fourth-order valence-corrected chi connectivity index (χ4v) is 3.67. The number of hydrogen-bond donors (Lipinski definition) is 0. The Morgan fingerprint density at radius 2 is 1.90 bits per heavy atom. The molecular weight excluding hydrogens is 386 g/mol. The number of rotatable bonds is 3. The predicted molar refractivity (Wildman–Crippen MR) is 113 cm³/mol. The van der Waals surface area contributed by atoms with Gasteiger partial charge in [0.1, 0.15) is 6.33 Å². The summed E-state index contributed by atoms with van der Waals surface area (Å²) < 4.78 is 3.27. The van der Waals surface area contributed by atoms with Gasteiger partial charge in [0, 0.05) is 16.8 Å². The number of halogens is 1. The molecule has 0 atom stereocenters. The largest absolute Gasteiger partial charge is 0.310 e. The lowest BCUT2D eigenvalue weighted by Gasteiger charge is -2.12. The Morgan fingerprint density at radius 1 is 1.07 bits per heavy atom. The minimum absolute atomic E-state index is 0.136. The van der Waals surface area contributed by atoms with Gasteiger partial charge in [-0.15, -0.1) is 0 Å². The van der Waals surface area contributed by atoms with E-state index in [2.05, 4.69) is 15.1 Å². The van der Waals surface area contributed by atoms with E-state index in [1.54, 1.807) is 21.3 Å². The Balaban J connectivity index is 1.79. The summed E-state index contributed by atoms with van der Waals surface area (Å²) in [6.45, 7) is 2.51. The van der Waals surface area contributed by atoms with Crippen molar-refractivity contribution in [3.05, 3.63) is 93.6 Å². The standard InChI is InChI=1S/C22H16ClN5O/c1-14-5-7-15(8-6-14)12-27-10-9-18-19(21(27)29)20(16-3-2-4-17(23)11-16)28-22(26-18)24-13-25-28/h2-11,13H,12H2,1H3. The van der Waals surface area contributed by atoms with Crippen molar-refractivity contribution < 1.29 is 0 Å². The van der Waals surface area contributed by atoms with Crippen LogP contribution < -0.4 is 5.56 Å². The van der Waals surface area contributed by atoms with Gasteiger partial charge in [0.25, 0.3) is 11.3 Å². The number of hydrogen-bond acceptors (Lipinski definition) is 4. The van der Waals surface area contributed by atoms with E-state index in [0.29, 0.717) is 33.9 Å². The van der Waals surface area contributed by atoms with Crippen molar-refractivity contribution in [2.45, 2.75) is 13.5 Å². The van der Waals surface area contributed by atoms with E-state index < -0.39 is 0 Å². The van der Waals surface area contributed by atoms with E-state index in [-0.39, 0.29) is 5.56 Å². The average Bonchev–Trinajstić information content (AvgIpc) is 3.18. The molecule has 0 radical (unpaired) electrons. The third-order valence-electron chi connectivity index (χ3n) is 4.91. The minimum Gasteiger partial charge on any atom is -0.310 e. The molecule has 0 N–H and O–H groups in total. The highest BCUT2D eigenvalue weighted by Gasteiger charge is 2.17. The van der Waals surface area contributed by atoms with Crippen LogP contribution in [0.1, 0.15) is 11.1 Å². The summed E-state index contributed by atoms with van der Waals surface area (Å²) in [6, 6.07) is 17.3. The van der Waals surface area contributed by atoms with Crippen molar-refractivity contribution in [2.75, 3.05) is 0 Å². The molecule has 2 aromatic carbocycles. The van der Waals surface area contributed by atoms with Crippen molar-refractivity contribution in [2.24, 2.45) is 0 Å². The fraction of sp³-hybridized carbons (Fsp3) is 0.0909. The van der Waals surface area contributed by atoms with Crippen molar-refractivity contribution in [1.29, 1.82) is 0 Å². The molecule has 0 aliphatic carbocycles. The van der Waals surface area contributed by atoms with Gasteiger partial charge in [-0.1, -0.05) is 53.6 Å².